The molecule has 0 radical (unpaired) electrons. The highest BCUT2D eigenvalue weighted by Crippen LogP contribution is 2.30. The van der Waals surface area contributed by atoms with Gasteiger partial charge in [-0.1, -0.05) is 6.92 Å². The molecule has 0 aromatic carbocycles. The van der Waals surface area contributed by atoms with Crippen LogP contribution in [0.4, 0.5) is 0 Å². The van der Waals surface area contributed by atoms with Crippen molar-refractivity contribution < 1.29 is 8.42 Å². The fraction of sp³-hybridized carbons (Fsp3) is 0.692. The van der Waals surface area contributed by atoms with Crippen molar-refractivity contribution in [2.75, 3.05) is 13.1 Å². The van der Waals surface area contributed by atoms with Crippen LogP contribution in [0.2, 0.25) is 0 Å². The second kappa shape index (κ2) is 6.35. The lowest BCUT2D eigenvalue weighted by molar-refractivity contribution is 0.575. The minimum atomic E-state index is -3.35. The van der Waals surface area contributed by atoms with E-state index >= 15 is 0 Å². The van der Waals surface area contributed by atoms with Gasteiger partial charge in [0.2, 0.25) is 10.0 Å². The van der Waals surface area contributed by atoms with E-state index in [1.165, 1.54) is 11.3 Å². The highest BCUT2D eigenvalue weighted by Gasteiger charge is 2.27. The first-order valence-electron chi connectivity index (χ1n) is 6.82. The van der Waals surface area contributed by atoms with Gasteiger partial charge in [-0.25, -0.2) is 13.1 Å². The van der Waals surface area contributed by atoms with E-state index in [0.717, 1.165) is 36.2 Å². The summed E-state index contributed by atoms with van der Waals surface area (Å²) in [5.41, 5.74) is 0.849. The first-order valence-corrected chi connectivity index (χ1v) is 9.18. The molecule has 0 unspecified atom stereocenters. The summed E-state index contributed by atoms with van der Waals surface area (Å²) >= 11 is 1.52. The third kappa shape index (κ3) is 4.02. The van der Waals surface area contributed by atoms with E-state index in [2.05, 4.69) is 17.0 Å². The van der Waals surface area contributed by atoms with E-state index in [4.69, 9.17) is 0 Å². The van der Waals surface area contributed by atoms with Crippen molar-refractivity contribution in [2.24, 2.45) is 5.92 Å². The molecule has 1 heterocycles. The lowest BCUT2D eigenvalue weighted by atomic mass is 10.3. The first kappa shape index (κ1) is 15.0. The second-order valence-corrected chi connectivity index (χ2v) is 7.81. The van der Waals surface area contributed by atoms with Gasteiger partial charge < -0.3 is 5.32 Å². The van der Waals surface area contributed by atoms with Crippen LogP contribution in [0.3, 0.4) is 0 Å². The molecule has 6 heteroatoms. The van der Waals surface area contributed by atoms with Crippen molar-refractivity contribution >= 4 is 21.4 Å². The van der Waals surface area contributed by atoms with E-state index in [9.17, 15) is 8.42 Å². The molecule has 1 aliphatic rings. The van der Waals surface area contributed by atoms with Gasteiger partial charge >= 0.3 is 0 Å². The van der Waals surface area contributed by atoms with Crippen LogP contribution >= 0.6 is 11.3 Å². The molecule has 4 nitrogen and oxygen atoms in total. The predicted molar refractivity (Wildman–Crippen MR) is 79.0 cm³/mol. The zero-order valence-corrected chi connectivity index (χ0v) is 13.2. The standard InChI is InChI=1S/C13H22N2O2S2/c1-3-6-14-8-12-13(10(2)9-18-12)19(16,17)15-7-11-4-5-11/h9,11,14-15H,3-8H2,1-2H3. The van der Waals surface area contributed by atoms with Gasteiger partial charge in [0, 0.05) is 18.0 Å². The summed E-state index contributed by atoms with van der Waals surface area (Å²) in [6.45, 7) is 6.09. The smallest absolute Gasteiger partial charge is 0.241 e. The highest BCUT2D eigenvalue weighted by atomic mass is 32.2. The molecule has 1 aromatic rings. The zero-order valence-electron chi connectivity index (χ0n) is 11.5. The van der Waals surface area contributed by atoms with Crippen molar-refractivity contribution in [3.05, 3.63) is 15.8 Å². The third-order valence-electron chi connectivity index (χ3n) is 3.23. The van der Waals surface area contributed by atoms with Crippen LogP contribution in [0, 0.1) is 12.8 Å². The molecule has 1 aliphatic carbocycles. The monoisotopic (exact) mass is 302 g/mol. The van der Waals surface area contributed by atoms with Crippen molar-refractivity contribution in [1.29, 1.82) is 0 Å². The van der Waals surface area contributed by atoms with Gasteiger partial charge in [0.25, 0.3) is 0 Å². The minimum Gasteiger partial charge on any atom is -0.312 e. The summed E-state index contributed by atoms with van der Waals surface area (Å²) in [5.74, 6) is 0.551. The van der Waals surface area contributed by atoms with E-state index in [0.29, 0.717) is 23.9 Å². The van der Waals surface area contributed by atoms with Crippen molar-refractivity contribution in [1.82, 2.24) is 10.0 Å². The number of nitrogens with one attached hydrogen (secondary N) is 2. The molecule has 0 bridgehead atoms. The maximum Gasteiger partial charge on any atom is 0.241 e. The summed E-state index contributed by atoms with van der Waals surface area (Å²) in [5, 5.41) is 5.20. The molecule has 19 heavy (non-hydrogen) atoms. The van der Waals surface area contributed by atoms with E-state index in [-0.39, 0.29) is 0 Å². The van der Waals surface area contributed by atoms with Crippen LogP contribution in [0.25, 0.3) is 0 Å². The maximum absolute atomic E-state index is 12.4. The Hall–Kier alpha value is -0.430. The van der Waals surface area contributed by atoms with E-state index in [1.54, 1.807) is 0 Å². The van der Waals surface area contributed by atoms with Crippen molar-refractivity contribution in [3.63, 3.8) is 0 Å². The molecule has 1 aromatic heterocycles. The lowest BCUT2D eigenvalue weighted by Gasteiger charge is -2.09. The Morgan fingerprint density at radius 2 is 2.16 bits per heavy atom. The van der Waals surface area contributed by atoms with E-state index < -0.39 is 10.0 Å². The molecule has 1 saturated carbocycles. The average Bonchev–Trinajstić information content (AvgIpc) is 3.11. The lowest BCUT2D eigenvalue weighted by Crippen LogP contribution is -2.27. The predicted octanol–water partition coefficient (Wildman–Crippen LogP) is 2.24. The number of thiophene rings is 1. The van der Waals surface area contributed by atoms with Gasteiger partial charge in [-0.3, -0.25) is 0 Å². The van der Waals surface area contributed by atoms with Crippen LogP contribution in [0.5, 0.6) is 0 Å². The van der Waals surface area contributed by atoms with Crippen LogP contribution < -0.4 is 10.0 Å². The molecule has 108 valence electrons. The van der Waals surface area contributed by atoms with E-state index in [1.807, 2.05) is 12.3 Å². The number of hydrogen-bond donors (Lipinski definition) is 2. The van der Waals surface area contributed by atoms with Gasteiger partial charge in [0.05, 0.1) is 0 Å². The number of sulfonamides is 1. The van der Waals surface area contributed by atoms with Gasteiger partial charge in [-0.05, 0) is 49.6 Å². The number of aryl methyl sites for hydroxylation is 1. The summed E-state index contributed by atoms with van der Waals surface area (Å²) in [4.78, 5) is 1.40. The SMILES string of the molecule is CCCNCc1scc(C)c1S(=O)(=O)NCC1CC1. The molecular formula is C13H22N2O2S2. The molecule has 0 saturated heterocycles. The van der Waals surface area contributed by atoms with Crippen LogP contribution in [-0.4, -0.2) is 21.5 Å². The quantitative estimate of drug-likeness (QED) is 0.724. The molecule has 0 amide bonds. The van der Waals surface area contributed by atoms with Gasteiger partial charge in [-0.2, -0.15) is 0 Å². The molecule has 1 fully saturated rings. The van der Waals surface area contributed by atoms with Gasteiger partial charge in [0.1, 0.15) is 4.90 Å². The summed E-state index contributed by atoms with van der Waals surface area (Å²) in [6, 6.07) is 0. The average molecular weight is 302 g/mol. The second-order valence-electron chi connectivity index (χ2n) is 5.14. The zero-order chi connectivity index (χ0) is 13.9. The van der Waals surface area contributed by atoms with Gasteiger partial charge in [-0.15, -0.1) is 11.3 Å². The van der Waals surface area contributed by atoms with Gasteiger partial charge in [0.15, 0.2) is 0 Å². The maximum atomic E-state index is 12.4. The Morgan fingerprint density at radius 3 is 2.79 bits per heavy atom. The first-order chi connectivity index (χ1) is 9.04. The molecule has 2 rings (SSSR count). The van der Waals surface area contributed by atoms with Crippen LogP contribution in [0.1, 0.15) is 36.6 Å². The fourth-order valence-electron chi connectivity index (χ4n) is 1.97. The topological polar surface area (TPSA) is 58.2 Å². The Balaban J connectivity index is 2.09. The Kier molecular flexibility index (Phi) is 5.00. The summed E-state index contributed by atoms with van der Waals surface area (Å²) < 4.78 is 27.5. The molecule has 0 atom stereocenters. The highest BCUT2D eigenvalue weighted by molar-refractivity contribution is 7.89. The fourth-order valence-corrected chi connectivity index (χ4v) is 4.86. The van der Waals surface area contributed by atoms with Crippen LogP contribution in [-0.2, 0) is 16.6 Å². The van der Waals surface area contributed by atoms with Crippen molar-refractivity contribution in [3.8, 4) is 0 Å². The molecule has 0 aliphatic heterocycles. The summed E-state index contributed by atoms with van der Waals surface area (Å²) in [7, 11) is -3.35. The third-order valence-corrected chi connectivity index (χ3v) is 6.12. The normalized spacial score (nSPS) is 15.9. The number of hydrogen-bond acceptors (Lipinski definition) is 4. The largest absolute Gasteiger partial charge is 0.312 e. The Labute approximate surface area is 119 Å². The summed E-state index contributed by atoms with van der Waals surface area (Å²) in [6.07, 6.45) is 3.35. The Bertz CT molecular complexity index is 519. The molecule has 2 N–H and O–H groups in total. The minimum absolute atomic E-state index is 0.488. The van der Waals surface area contributed by atoms with Crippen LogP contribution in [0.15, 0.2) is 10.3 Å². The Morgan fingerprint density at radius 1 is 1.42 bits per heavy atom. The molecular weight excluding hydrogens is 280 g/mol. The van der Waals surface area contributed by atoms with Crippen molar-refractivity contribution in [2.45, 2.75) is 44.6 Å². The number of rotatable bonds is 8. The molecule has 0 spiro atoms.